The lowest BCUT2D eigenvalue weighted by atomic mass is 10.2. The van der Waals surface area contributed by atoms with Crippen LogP contribution >= 0.6 is 0 Å². The molecular weight excluding hydrogens is 552 g/mol. The van der Waals surface area contributed by atoms with Gasteiger partial charge in [0.25, 0.3) is 0 Å². The van der Waals surface area contributed by atoms with Crippen molar-refractivity contribution in [2.45, 2.75) is 105 Å². The van der Waals surface area contributed by atoms with E-state index in [9.17, 15) is 0 Å². The molecule has 268 valence electrons. The lowest BCUT2D eigenvalue weighted by molar-refractivity contribution is -0.0305. The highest BCUT2D eigenvalue weighted by Crippen LogP contribution is 2.06. The van der Waals surface area contributed by atoms with Crippen LogP contribution in [0.2, 0.25) is 0 Å². The molecule has 0 amide bonds. The second-order valence-electron chi connectivity index (χ2n) is 11.1. The molecule has 11 nitrogen and oxygen atoms in total. The van der Waals surface area contributed by atoms with Gasteiger partial charge in [0.15, 0.2) is 0 Å². The Kier molecular flexibility index (Phi) is 48.0. The molecule has 3 unspecified atom stereocenters. The van der Waals surface area contributed by atoms with Crippen LogP contribution in [-0.2, 0) is 33.2 Å². The van der Waals surface area contributed by atoms with Gasteiger partial charge in [-0.1, -0.05) is 49.0 Å². The molecule has 43 heavy (non-hydrogen) atoms. The average molecular weight is 631 g/mol. The molecule has 3 N–H and O–H groups in total. The number of hydrogen-bond donors (Lipinski definition) is 3. The van der Waals surface area contributed by atoms with E-state index in [0.29, 0.717) is 44.0 Å². The van der Waals surface area contributed by atoms with Gasteiger partial charge in [-0.25, -0.2) is 0 Å². The van der Waals surface area contributed by atoms with Gasteiger partial charge in [-0.15, -0.1) is 0 Å². The summed E-state index contributed by atoms with van der Waals surface area (Å²) in [6.45, 7) is 23.1. The van der Waals surface area contributed by atoms with E-state index in [1.807, 2.05) is 7.05 Å². The van der Waals surface area contributed by atoms with Crippen molar-refractivity contribution < 1.29 is 33.2 Å². The molecule has 0 aromatic rings. The fourth-order valence-corrected chi connectivity index (χ4v) is 2.99. The summed E-state index contributed by atoms with van der Waals surface area (Å²) in [6, 6.07) is 2.14. The SMILES string of the molecule is C.CNC(C)C.COCC(CN(CC(COC)OC)C(C)C)OC.COCC(CNC(C)C)OC.COCCNC(C)C. The molecule has 0 aromatic carbocycles. The Morgan fingerprint density at radius 1 is 0.535 bits per heavy atom. The summed E-state index contributed by atoms with van der Waals surface area (Å²) < 4.78 is 36.1. The minimum Gasteiger partial charge on any atom is -0.383 e. The zero-order valence-electron chi connectivity index (χ0n) is 30.5. The third-order valence-corrected chi connectivity index (χ3v) is 5.85. The highest BCUT2D eigenvalue weighted by molar-refractivity contribution is 4.73. The van der Waals surface area contributed by atoms with Gasteiger partial charge in [0.1, 0.15) is 0 Å². The Morgan fingerprint density at radius 3 is 1.16 bits per heavy atom. The molecule has 0 aliphatic heterocycles. The maximum atomic E-state index is 5.41. The number of ether oxygens (including phenoxy) is 7. The molecule has 0 aromatic heterocycles. The molecular formula is C32H78N4O7. The largest absolute Gasteiger partial charge is 0.383 e. The van der Waals surface area contributed by atoms with E-state index >= 15 is 0 Å². The summed E-state index contributed by atoms with van der Waals surface area (Å²) in [6.07, 6.45) is 0.331. The van der Waals surface area contributed by atoms with E-state index in [2.05, 4.69) is 76.2 Å². The molecule has 0 saturated carbocycles. The molecule has 0 saturated heterocycles. The lowest BCUT2D eigenvalue weighted by Gasteiger charge is -2.32. The Morgan fingerprint density at radius 2 is 0.907 bits per heavy atom. The number of rotatable bonds is 22. The molecule has 0 rings (SSSR count). The Hall–Kier alpha value is -0.440. The maximum Gasteiger partial charge on any atom is 0.0931 e. The van der Waals surface area contributed by atoms with Crippen LogP contribution < -0.4 is 16.0 Å². The van der Waals surface area contributed by atoms with E-state index in [0.717, 1.165) is 32.8 Å². The average Bonchev–Trinajstić information content (AvgIpc) is 2.94. The first kappa shape index (κ1) is 52.1. The van der Waals surface area contributed by atoms with E-state index in [1.165, 1.54) is 0 Å². The van der Waals surface area contributed by atoms with Crippen LogP contribution in [-0.4, -0.2) is 157 Å². The molecule has 0 aliphatic carbocycles. The Labute approximate surface area is 268 Å². The molecule has 3 atom stereocenters. The molecule has 0 aliphatic rings. The smallest absolute Gasteiger partial charge is 0.0931 e. The first-order valence-electron chi connectivity index (χ1n) is 15.3. The molecule has 0 fully saturated rings. The minimum atomic E-state index is 0. The second-order valence-corrected chi connectivity index (χ2v) is 11.1. The van der Waals surface area contributed by atoms with Crippen molar-refractivity contribution in [1.82, 2.24) is 20.9 Å². The quantitative estimate of drug-likeness (QED) is 0.153. The van der Waals surface area contributed by atoms with Crippen LogP contribution in [0.25, 0.3) is 0 Å². The van der Waals surface area contributed by atoms with Gasteiger partial charge in [0.2, 0.25) is 0 Å². The highest BCUT2D eigenvalue weighted by Gasteiger charge is 2.20. The van der Waals surface area contributed by atoms with Crippen molar-refractivity contribution in [2.75, 3.05) is 109 Å². The van der Waals surface area contributed by atoms with Gasteiger partial charge >= 0.3 is 0 Å². The van der Waals surface area contributed by atoms with Crippen LogP contribution in [0.15, 0.2) is 0 Å². The minimum absolute atomic E-state index is 0. The van der Waals surface area contributed by atoms with Gasteiger partial charge in [-0.05, 0) is 20.9 Å². The second kappa shape index (κ2) is 39.6. The molecule has 0 spiro atoms. The van der Waals surface area contributed by atoms with Crippen LogP contribution in [0, 0.1) is 0 Å². The van der Waals surface area contributed by atoms with E-state index in [-0.39, 0.29) is 25.7 Å². The lowest BCUT2D eigenvalue weighted by Crippen LogP contribution is -2.45. The van der Waals surface area contributed by atoms with Crippen molar-refractivity contribution in [3.05, 3.63) is 0 Å². The first-order chi connectivity index (χ1) is 19.8. The molecule has 0 bridgehead atoms. The monoisotopic (exact) mass is 631 g/mol. The Bertz CT molecular complexity index is 475. The fourth-order valence-electron chi connectivity index (χ4n) is 2.99. The third kappa shape index (κ3) is 43.7. The summed E-state index contributed by atoms with van der Waals surface area (Å²) in [5.74, 6) is 0. The van der Waals surface area contributed by atoms with Gasteiger partial charge in [-0.3, -0.25) is 4.90 Å². The number of hydrogen-bond acceptors (Lipinski definition) is 11. The number of methoxy groups -OCH3 is 7. The molecule has 11 heteroatoms. The normalized spacial score (nSPS) is 13.0. The number of nitrogens with zero attached hydrogens (tertiary/aromatic N) is 1. The van der Waals surface area contributed by atoms with Crippen LogP contribution in [0.1, 0.15) is 62.8 Å². The van der Waals surface area contributed by atoms with Gasteiger partial charge < -0.3 is 49.1 Å². The first-order valence-corrected chi connectivity index (χ1v) is 15.3. The summed E-state index contributed by atoms with van der Waals surface area (Å²) >= 11 is 0. The van der Waals surface area contributed by atoms with E-state index in [1.54, 1.807) is 49.8 Å². The zero-order valence-corrected chi connectivity index (χ0v) is 30.5. The Balaban J connectivity index is -0.000000164. The summed E-state index contributed by atoms with van der Waals surface area (Å²) in [7, 11) is 13.8. The van der Waals surface area contributed by atoms with Crippen LogP contribution in [0.5, 0.6) is 0 Å². The summed E-state index contributed by atoms with van der Waals surface area (Å²) in [4.78, 5) is 2.32. The fraction of sp³-hybridized carbons (Fsp3) is 1.00. The molecule has 0 heterocycles. The summed E-state index contributed by atoms with van der Waals surface area (Å²) in [5, 5.41) is 9.53. The number of nitrogens with one attached hydrogen (secondary N) is 3. The van der Waals surface area contributed by atoms with Crippen LogP contribution in [0.3, 0.4) is 0 Å². The third-order valence-electron chi connectivity index (χ3n) is 5.85. The van der Waals surface area contributed by atoms with E-state index in [4.69, 9.17) is 33.2 Å². The topological polar surface area (TPSA) is 104 Å². The van der Waals surface area contributed by atoms with Gasteiger partial charge in [0.05, 0.1) is 44.7 Å². The molecule has 0 radical (unpaired) electrons. The van der Waals surface area contributed by atoms with Crippen molar-refractivity contribution in [3.8, 4) is 0 Å². The van der Waals surface area contributed by atoms with Crippen molar-refractivity contribution in [3.63, 3.8) is 0 Å². The standard InChI is InChI=1S/C13H29NO4.C8H19NO2.C6H15NO.C4H11N.CH4/c1-11(2)14(7-12(17-5)9-15-3)8-13(18-6)10-16-4;1-7(2)9-5-8(11-4)6-10-3;1-6(2)7-4-5-8-3;1-4(2)5-3;/h11-13H,7-10H2,1-6H3;7-9H,5-6H2,1-4H3;6-7H,4-5H2,1-3H3;4-5H,1-3H3;1H4. The maximum absolute atomic E-state index is 5.41. The van der Waals surface area contributed by atoms with Gasteiger partial charge in [-0.2, -0.15) is 0 Å². The van der Waals surface area contributed by atoms with Crippen molar-refractivity contribution in [2.24, 2.45) is 0 Å². The summed E-state index contributed by atoms with van der Waals surface area (Å²) in [5.41, 5.74) is 0. The predicted molar refractivity (Wildman–Crippen MR) is 184 cm³/mol. The van der Waals surface area contributed by atoms with E-state index < -0.39 is 0 Å². The van der Waals surface area contributed by atoms with Crippen molar-refractivity contribution in [1.29, 1.82) is 0 Å². The highest BCUT2D eigenvalue weighted by atomic mass is 16.5. The zero-order chi connectivity index (χ0) is 33.3. The van der Waals surface area contributed by atoms with Crippen molar-refractivity contribution >= 4 is 0 Å². The predicted octanol–water partition coefficient (Wildman–Crippen LogP) is 3.55. The van der Waals surface area contributed by atoms with Crippen LogP contribution in [0.4, 0.5) is 0 Å². The van der Waals surface area contributed by atoms with Gasteiger partial charge in [0, 0.05) is 100 Å².